The fraction of sp³-hybridized carbons (Fsp3) is 0.438. The molecule has 1 saturated heterocycles. The van der Waals surface area contributed by atoms with Crippen LogP contribution < -0.4 is 5.32 Å². The average molecular weight is 373 g/mol. The number of carboxylic acid groups (broad SMARTS) is 1. The van der Waals surface area contributed by atoms with Gasteiger partial charge in [0, 0.05) is 18.2 Å². The number of carbonyl (C=O) groups excluding carboxylic acids is 2. The Hall–Kier alpha value is -1.79. The molecule has 1 aliphatic heterocycles. The Kier molecular flexibility index (Phi) is 6.07. The minimum Gasteiger partial charge on any atom is -0.481 e. The maximum absolute atomic E-state index is 12.3. The monoisotopic (exact) mass is 372 g/mol. The van der Waals surface area contributed by atoms with E-state index in [1.54, 1.807) is 6.92 Å². The van der Waals surface area contributed by atoms with E-state index in [0.29, 0.717) is 30.0 Å². The molecule has 24 heavy (non-hydrogen) atoms. The summed E-state index contributed by atoms with van der Waals surface area (Å²) in [7, 11) is 0. The Morgan fingerprint density at radius 3 is 2.62 bits per heavy atom. The van der Waals surface area contributed by atoms with E-state index in [0.717, 1.165) is 0 Å². The van der Waals surface area contributed by atoms with E-state index in [4.69, 9.17) is 23.2 Å². The molecule has 8 heteroatoms. The second-order valence-electron chi connectivity index (χ2n) is 5.73. The minimum absolute atomic E-state index is 0.199. The highest BCUT2D eigenvalue weighted by Crippen LogP contribution is 2.24. The molecule has 6 nitrogen and oxygen atoms in total. The number of benzene rings is 1. The van der Waals surface area contributed by atoms with Crippen molar-refractivity contribution in [3.8, 4) is 0 Å². The molecule has 0 aliphatic carbocycles. The Balaban J connectivity index is 1.95. The first-order valence-corrected chi connectivity index (χ1v) is 8.32. The first-order valence-electron chi connectivity index (χ1n) is 7.56. The second-order valence-corrected chi connectivity index (χ2v) is 6.54. The Labute approximate surface area is 149 Å². The number of hydrogen-bond acceptors (Lipinski definition) is 3. The van der Waals surface area contributed by atoms with Gasteiger partial charge in [0.25, 0.3) is 5.91 Å². The van der Waals surface area contributed by atoms with E-state index in [1.807, 2.05) is 0 Å². The number of nitrogens with zero attached hydrogens (tertiary/aromatic N) is 1. The van der Waals surface area contributed by atoms with Crippen LogP contribution in [0.5, 0.6) is 0 Å². The van der Waals surface area contributed by atoms with Crippen LogP contribution in [-0.4, -0.2) is 46.9 Å². The molecule has 1 heterocycles. The van der Waals surface area contributed by atoms with Gasteiger partial charge in [-0.2, -0.15) is 0 Å². The van der Waals surface area contributed by atoms with E-state index in [9.17, 15) is 19.5 Å². The summed E-state index contributed by atoms with van der Waals surface area (Å²) < 4.78 is 0. The lowest BCUT2D eigenvalue weighted by Gasteiger charge is -2.37. The van der Waals surface area contributed by atoms with Crippen molar-refractivity contribution in [1.29, 1.82) is 0 Å². The third kappa shape index (κ3) is 4.19. The summed E-state index contributed by atoms with van der Waals surface area (Å²) in [4.78, 5) is 37.1. The SMILES string of the molecule is C[C@@H]1[C@H](C(=O)O)CCCN1C(=O)CNC(=O)c1ccc(Cl)c(Cl)c1. The predicted octanol–water partition coefficient (Wildman–Crippen LogP) is 2.43. The van der Waals surface area contributed by atoms with Crippen LogP contribution in [-0.2, 0) is 9.59 Å². The third-order valence-electron chi connectivity index (χ3n) is 4.21. The van der Waals surface area contributed by atoms with Gasteiger partial charge in [-0.05, 0) is 38.0 Å². The third-order valence-corrected chi connectivity index (χ3v) is 4.95. The minimum atomic E-state index is -0.903. The first-order chi connectivity index (χ1) is 11.3. The van der Waals surface area contributed by atoms with E-state index in [2.05, 4.69) is 5.32 Å². The summed E-state index contributed by atoms with van der Waals surface area (Å²) in [5.41, 5.74) is 0.298. The number of halogens is 2. The summed E-state index contributed by atoms with van der Waals surface area (Å²) in [5.74, 6) is -2.23. The van der Waals surface area contributed by atoms with Crippen molar-refractivity contribution in [2.24, 2.45) is 5.92 Å². The molecule has 2 atom stereocenters. The fourth-order valence-corrected chi connectivity index (χ4v) is 3.12. The number of nitrogens with one attached hydrogen (secondary N) is 1. The van der Waals surface area contributed by atoms with Crippen molar-refractivity contribution < 1.29 is 19.5 Å². The molecule has 2 rings (SSSR count). The highest BCUT2D eigenvalue weighted by molar-refractivity contribution is 6.42. The van der Waals surface area contributed by atoms with Gasteiger partial charge in [-0.15, -0.1) is 0 Å². The summed E-state index contributed by atoms with van der Waals surface area (Å²) in [6.45, 7) is 2.01. The second kappa shape index (κ2) is 7.85. The van der Waals surface area contributed by atoms with Gasteiger partial charge in [0.05, 0.1) is 22.5 Å². The first kappa shape index (κ1) is 18.5. The summed E-state index contributed by atoms with van der Waals surface area (Å²) in [6.07, 6.45) is 1.18. The highest BCUT2D eigenvalue weighted by Gasteiger charge is 2.35. The van der Waals surface area contributed by atoms with Gasteiger partial charge in [0.1, 0.15) is 0 Å². The Morgan fingerprint density at radius 1 is 1.29 bits per heavy atom. The van der Waals surface area contributed by atoms with Gasteiger partial charge >= 0.3 is 5.97 Å². The van der Waals surface area contributed by atoms with Crippen molar-refractivity contribution in [3.63, 3.8) is 0 Å². The Morgan fingerprint density at radius 2 is 2.00 bits per heavy atom. The molecule has 0 unspecified atom stereocenters. The molecule has 1 aromatic carbocycles. The van der Waals surface area contributed by atoms with E-state index < -0.39 is 23.8 Å². The normalized spacial score (nSPS) is 20.5. The van der Waals surface area contributed by atoms with Crippen LogP contribution in [0, 0.1) is 5.92 Å². The van der Waals surface area contributed by atoms with Crippen LogP contribution in [0.2, 0.25) is 10.0 Å². The zero-order valence-electron chi connectivity index (χ0n) is 13.1. The van der Waals surface area contributed by atoms with Crippen molar-refractivity contribution in [1.82, 2.24) is 10.2 Å². The molecule has 2 amide bonds. The van der Waals surface area contributed by atoms with Crippen LogP contribution in [0.1, 0.15) is 30.1 Å². The molecule has 0 aromatic heterocycles. The lowest BCUT2D eigenvalue weighted by Crippen LogP contribution is -2.51. The largest absolute Gasteiger partial charge is 0.481 e. The van der Waals surface area contributed by atoms with E-state index >= 15 is 0 Å². The van der Waals surface area contributed by atoms with Gasteiger partial charge in [0.15, 0.2) is 0 Å². The number of carboxylic acids is 1. The number of likely N-dealkylation sites (tertiary alicyclic amines) is 1. The molecule has 0 spiro atoms. The Bertz CT molecular complexity index is 665. The number of amides is 2. The van der Waals surface area contributed by atoms with Gasteiger partial charge < -0.3 is 15.3 Å². The molecule has 1 fully saturated rings. The van der Waals surface area contributed by atoms with Gasteiger partial charge in [-0.3, -0.25) is 14.4 Å². The maximum Gasteiger partial charge on any atom is 0.308 e. The quantitative estimate of drug-likeness (QED) is 0.849. The van der Waals surface area contributed by atoms with Crippen LogP contribution in [0.4, 0.5) is 0 Å². The van der Waals surface area contributed by atoms with E-state index in [-0.39, 0.29) is 17.5 Å². The number of piperidine rings is 1. The van der Waals surface area contributed by atoms with Crippen LogP contribution >= 0.6 is 23.2 Å². The molecule has 2 N–H and O–H groups in total. The van der Waals surface area contributed by atoms with Gasteiger partial charge in [-0.25, -0.2) is 0 Å². The van der Waals surface area contributed by atoms with E-state index in [1.165, 1.54) is 23.1 Å². The molecule has 1 aromatic rings. The zero-order valence-corrected chi connectivity index (χ0v) is 14.6. The molecular formula is C16H18Cl2N2O4. The number of aliphatic carboxylic acids is 1. The molecule has 0 bridgehead atoms. The average Bonchev–Trinajstić information content (AvgIpc) is 2.54. The van der Waals surface area contributed by atoms with Crippen molar-refractivity contribution in [2.75, 3.05) is 13.1 Å². The number of hydrogen-bond donors (Lipinski definition) is 2. The molecule has 1 aliphatic rings. The number of carbonyl (C=O) groups is 3. The fourth-order valence-electron chi connectivity index (χ4n) is 2.82. The van der Waals surface area contributed by atoms with Gasteiger partial charge in [0.2, 0.25) is 5.91 Å². The zero-order chi connectivity index (χ0) is 17.9. The lowest BCUT2D eigenvalue weighted by atomic mass is 9.90. The standard InChI is InChI=1S/C16H18Cl2N2O4/c1-9-11(16(23)24)3-2-6-20(9)14(21)8-19-15(22)10-4-5-12(17)13(18)7-10/h4-5,7,9,11H,2-3,6,8H2,1H3,(H,19,22)(H,23,24)/t9-,11-/m1/s1. The van der Waals surface area contributed by atoms with Gasteiger partial charge in [-0.1, -0.05) is 23.2 Å². The van der Waals surface area contributed by atoms with Crippen LogP contribution in [0.3, 0.4) is 0 Å². The molecule has 130 valence electrons. The van der Waals surface area contributed by atoms with Crippen LogP contribution in [0.15, 0.2) is 18.2 Å². The molecule has 0 saturated carbocycles. The summed E-state index contributed by atoms with van der Waals surface area (Å²) in [6, 6.07) is 4.04. The summed E-state index contributed by atoms with van der Waals surface area (Å²) >= 11 is 11.7. The highest BCUT2D eigenvalue weighted by atomic mass is 35.5. The van der Waals surface area contributed by atoms with Crippen molar-refractivity contribution in [3.05, 3.63) is 33.8 Å². The topological polar surface area (TPSA) is 86.7 Å². The smallest absolute Gasteiger partial charge is 0.308 e. The van der Waals surface area contributed by atoms with Crippen molar-refractivity contribution in [2.45, 2.75) is 25.8 Å². The summed E-state index contributed by atoms with van der Waals surface area (Å²) in [5, 5.41) is 12.3. The lowest BCUT2D eigenvalue weighted by molar-refractivity contribution is -0.148. The van der Waals surface area contributed by atoms with Crippen molar-refractivity contribution >= 4 is 41.0 Å². The maximum atomic E-state index is 12.3. The van der Waals surface area contributed by atoms with Crippen LogP contribution in [0.25, 0.3) is 0 Å². The number of rotatable bonds is 4. The predicted molar refractivity (Wildman–Crippen MR) is 90.3 cm³/mol. The molecule has 0 radical (unpaired) electrons. The molecular weight excluding hydrogens is 355 g/mol.